The van der Waals surface area contributed by atoms with Crippen LogP contribution in [0.5, 0.6) is 0 Å². The molecule has 0 aliphatic heterocycles. The van der Waals surface area contributed by atoms with Crippen molar-refractivity contribution >= 4 is 44.7 Å². The molecule has 0 aliphatic rings. The SMILES string of the molecule is CCN(c1ccccc1)S(=O)(=O)c1ccc(Cl)c(C(=O)Nc2cccnc2N(C)C)c1. The Bertz CT molecular complexity index is 1180. The molecule has 1 amide bonds. The van der Waals surface area contributed by atoms with Crippen LogP contribution in [0.3, 0.4) is 0 Å². The number of hydrogen-bond acceptors (Lipinski definition) is 5. The molecule has 31 heavy (non-hydrogen) atoms. The topological polar surface area (TPSA) is 82.6 Å². The quantitative estimate of drug-likeness (QED) is 0.571. The second-order valence-corrected chi connectivity index (χ2v) is 9.14. The minimum atomic E-state index is -3.90. The first-order valence-electron chi connectivity index (χ1n) is 9.56. The van der Waals surface area contributed by atoms with Crippen molar-refractivity contribution in [3.8, 4) is 0 Å². The number of pyridine rings is 1. The highest BCUT2D eigenvalue weighted by molar-refractivity contribution is 7.92. The highest BCUT2D eigenvalue weighted by Crippen LogP contribution is 2.28. The second kappa shape index (κ2) is 9.36. The van der Waals surface area contributed by atoms with E-state index in [9.17, 15) is 13.2 Å². The molecule has 0 bridgehead atoms. The molecule has 1 N–H and O–H groups in total. The van der Waals surface area contributed by atoms with Gasteiger partial charge in [0.2, 0.25) is 0 Å². The van der Waals surface area contributed by atoms with Crippen molar-refractivity contribution in [2.75, 3.05) is 35.2 Å². The zero-order valence-electron chi connectivity index (χ0n) is 17.4. The fourth-order valence-electron chi connectivity index (χ4n) is 3.09. The number of sulfonamides is 1. The molecule has 0 radical (unpaired) electrons. The maximum absolute atomic E-state index is 13.3. The Morgan fingerprint density at radius 3 is 2.42 bits per heavy atom. The molecule has 3 aromatic rings. The van der Waals surface area contributed by atoms with Crippen molar-refractivity contribution in [1.82, 2.24) is 4.98 Å². The van der Waals surface area contributed by atoms with Crippen molar-refractivity contribution in [2.45, 2.75) is 11.8 Å². The number of para-hydroxylation sites is 1. The summed E-state index contributed by atoms with van der Waals surface area (Å²) in [5.41, 5.74) is 1.08. The lowest BCUT2D eigenvalue weighted by Crippen LogP contribution is -2.31. The fourth-order valence-corrected chi connectivity index (χ4v) is 4.80. The van der Waals surface area contributed by atoms with Crippen LogP contribution in [-0.4, -0.2) is 39.9 Å². The number of amides is 1. The second-order valence-electron chi connectivity index (χ2n) is 6.87. The third-order valence-electron chi connectivity index (χ3n) is 4.56. The van der Waals surface area contributed by atoms with Gasteiger partial charge in [0.05, 0.1) is 26.9 Å². The summed E-state index contributed by atoms with van der Waals surface area (Å²) in [5, 5.41) is 2.91. The number of anilines is 3. The van der Waals surface area contributed by atoms with Gasteiger partial charge in [0.25, 0.3) is 15.9 Å². The number of nitrogens with one attached hydrogen (secondary N) is 1. The molecular formula is C22H23ClN4O3S. The lowest BCUT2D eigenvalue weighted by Gasteiger charge is -2.23. The van der Waals surface area contributed by atoms with Gasteiger partial charge in [-0.2, -0.15) is 0 Å². The van der Waals surface area contributed by atoms with Gasteiger partial charge in [0.1, 0.15) is 0 Å². The molecule has 0 aliphatic carbocycles. The van der Waals surface area contributed by atoms with Crippen molar-refractivity contribution in [2.24, 2.45) is 0 Å². The summed E-state index contributed by atoms with van der Waals surface area (Å²) in [7, 11) is -0.284. The predicted molar refractivity (Wildman–Crippen MR) is 125 cm³/mol. The smallest absolute Gasteiger partial charge is 0.264 e. The number of aromatic nitrogens is 1. The molecule has 162 valence electrons. The Hall–Kier alpha value is -3.10. The molecular weight excluding hydrogens is 436 g/mol. The predicted octanol–water partition coefficient (Wildman–Crippen LogP) is 4.27. The molecule has 9 heteroatoms. The Morgan fingerprint density at radius 2 is 1.77 bits per heavy atom. The largest absolute Gasteiger partial charge is 0.361 e. The Morgan fingerprint density at radius 1 is 1.06 bits per heavy atom. The standard InChI is InChI=1S/C22H23ClN4O3S/c1-4-27(16-9-6-5-7-10-16)31(29,30)17-12-13-19(23)18(15-17)22(28)25-20-11-8-14-24-21(20)26(2)3/h5-15H,4H2,1-3H3,(H,25,28). The zero-order chi connectivity index (χ0) is 22.6. The monoisotopic (exact) mass is 458 g/mol. The molecule has 0 fully saturated rings. The fraction of sp³-hybridized carbons (Fsp3) is 0.182. The van der Waals surface area contributed by atoms with Crippen LogP contribution in [0.2, 0.25) is 5.02 Å². The van der Waals surface area contributed by atoms with E-state index in [4.69, 9.17) is 11.6 Å². The zero-order valence-corrected chi connectivity index (χ0v) is 19.0. The van der Waals surface area contributed by atoms with E-state index in [1.807, 2.05) is 6.07 Å². The maximum Gasteiger partial charge on any atom is 0.264 e. The average molecular weight is 459 g/mol. The van der Waals surface area contributed by atoms with Gasteiger partial charge in [-0.3, -0.25) is 9.10 Å². The summed E-state index contributed by atoms with van der Waals surface area (Å²) in [6.07, 6.45) is 1.62. The Kier molecular flexibility index (Phi) is 6.82. The van der Waals surface area contributed by atoms with Crippen molar-refractivity contribution in [3.05, 3.63) is 77.4 Å². The number of rotatable bonds is 7. The van der Waals surface area contributed by atoms with Gasteiger partial charge in [0, 0.05) is 26.8 Å². The van der Waals surface area contributed by atoms with Crippen LogP contribution in [0.1, 0.15) is 17.3 Å². The first-order valence-corrected chi connectivity index (χ1v) is 11.4. The van der Waals surface area contributed by atoms with Gasteiger partial charge in [-0.25, -0.2) is 13.4 Å². The van der Waals surface area contributed by atoms with Gasteiger partial charge in [-0.1, -0.05) is 29.8 Å². The minimum absolute atomic E-state index is 0.0215. The Balaban J connectivity index is 1.97. The average Bonchev–Trinajstić information content (AvgIpc) is 2.75. The number of benzene rings is 2. The summed E-state index contributed by atoms with van der Waals surface area (Å²) < 4.78 is 27.9. The number of hydrogen-bond donors (Lipinski definition) is 1. The molecule has 1 aromatic heterocycles. The molecule has 1 heterocycles. The van der Waals surface area contributed by atoms with Crippen LogP contribution in [0.25, 0.3) is 0 Å². The first-order chi connectivity index (χ1) is 14.8. The molecule has 0 atom stereocenters. The lowest BCUT2D eigenvalue weighted by atomic mass is 10.2. The van der Waals surface area contributed by atoms with Gasteiger partial charge < -0.3 is 10.2 Å². The molecule has 0 unspecified atom stereocenters. The van der Waals surface area contributed by atoms with E-state index in [1.54, 1.807) is 68.5 Å². The van der Waals surface area contributed by atoms with E-state index in [0.717, 1.165) is 0 Å². The van der Waals surface area contributed by atoms with Crippen LogP contribution < -0.4 is 14.5 Å². The van der Waals surface area contributed by atoms with Crippen LogP contribution in [-0.2, 0) is 10.0 Å². The summed E-state index contributed by atoms with van der Waals surface area (Å²) in [5.74, 6) is 0.0397. The third kappa shape index (κ3) is 4.81. The van der Waals surface area contributed by atoms with Crippen LogP contribution in [0.4, 0.5) is 17.2 Å². The van der Waals surface area contributed by atoms with E-state index in [-0.39, 0.29) is 22.0 Å². The molecule has 0 spiro atoms. The summed E-state index contributed by atoms with van der Waals surface area (Å²) >= 11 is 6.24. The minimum Gasteiger partial charge on any atom is -0.361 e. The number of halogens is 1. The van der Waals surface area contributed by atoms with Crippen LogP contribution in [0.15, 0.2) is 71.8 Å². The van der Waals surface area contributed by atoms with Gasteiger partial charge >= 0.3 is 0 Å². The molecule has 7 nitrogen and oxygen atoms in total. The van der Waals surface area contributed by atoms with Crippen LogP contribution >= 0.6 is 11.6 Å². The third-order valence-corrected chi connectivity index (χ3v) is 6.79. The van der Waals surface area contributed by atoms with E-state index in [0.29, 0.717) is 17.2 Å². The van der Waals surface area contributed by atoms with E-state index >= 15 is 0 Å². The highest BCUT2D eigenvalue weighted by Gasteiger charge is 2.25. The summed E-state index contributed by atoms with van der Waals surface area (Å²) in [4.78, 5) is 18.9. The number of carbonyl (C=O) groups excluding carboxylic acids is 1. The van der Waals surface area contributed by atoms with Crippen molar-refractivity contribution in [3.63, 3.8) is 0 Å². The maximum atomic E-state index is 13.3. The van der Waals surface area contributed by atoms with Crippen LogP contribution in [0, 0.1) is 0 Å². The molecule has 0 saturated heterocycles. The first kappa shape index (κ1) is 22.6. The number of carbonyl (C=O) groups is 1. The molecule has 0 saturated carbocycles. The van der Waals surface area contributed by atoms with Crippen molar-refractivity contribution in [1.29, 1.82) is 0 Å². The summed E-state index contributed by atoms with van der Waals surface area (Å²) in [6, 6.07) is 16.3. The normalized spacial score (nSPS) is 11.1. The highest BCUT2D eigenvalue weighted by atomic mass is 35.5. The van der Waals surface area contributed by atoms with Crippen molar-refractivity contribution < 1.29 is 13.2 Å². The Labute approximate surface area is 187 Å². The van der Waals surface area contributed by atoms with E-state index in [2.05, 4.69) is 10.3 Å². The van der Waals surface area contributed by atoms with E-state index in [1.165, 1.54) is 22.5 Å². The van der Waals surface area contributed by atoms with Gasteiger partial charge in [-0.15, -0.1) is 0 Å². The summed E-state index contributed by atoms with van der Waals surface area (Å²) in [6.45, 7) is 1.98. The van der Waals surface area contributed by atoms with Gasteiger partial charge in [0.15, 0.2) is 5.82 Å². The van der Waals surface area contributed by atoms with E-state index < -0.39 is 15.9 Å². The van der Waals surface area contributed by atoms with Gasteiger partial charge in [-0.05, 0) is 49.4 Å². The lowest BCUT2D eigenvalue weighted by molar-refractivity contribution is 0.102. The molecule has 3 rings (SSSR count). The molecule has 2 aromatic carbocycles. The number of nitrogens with zero attached hydrogens (tertiary/aromatic N) is 3.